The first-order valence-electron chi connectivity index (χ1n) is 10.1. The van der Waals surface area contributed by atoms with Crippen molar-refractivity contribution in [3.05, 3.63) is 11.6 Å². The molecule has 0 amide bonds. The quantitative estimate of drug-likeness (QED) is 0.553. The van der Waals surface area contributed by atoms with E-state index in [2.05, 4.69) is 19.9 Å². The van der Waals surface area contributed by atoms with E-state index < -0.39 is 22.5 Å². The molecule has 4 aliphatic carbocycles. The van der Waals surface area contributed by atoms with Crippen molar-refractivity contribution in [3.8, 4) is 0 Å². The molecule has 0 aromatic rings. The molecule has 0 bridgehead atoms. The molecule has 2 N–H and O–H groups in total. The van der Waals surface area contributed by atoms with Crippen LogP contribution < -0.4 is 0 Å². The van der Waals surface area contributed by atoms with Crippen LogP contribution in [0, 0.1) is 34.5 Å². The van der Waals surface area contributed by atoms with E-state index in [0.717, 1.165) is 38.5 Å². The lowest BCUT2D eigenvalue weighted by molar-refractivity contribution is -0.148. The van der Waals surface area contributed by atoms with E-state index in [1.54, 1.807) is 0 Å². The Morgan fingerprint density at radius 3 is 2.56 bits per heavy atom. The van der Waals surface area contributed by atoms with Gasteiger partial charge in [-0.15, -0.1) is 0 Å². The van der Waals surface area contributed by atoms with Crippen molar-refractivity contribution in [2.24, 2.45) is 34.5 Å². The van der Waals surface area contributed by atoms with Gasteiger partial charge in [-0.2, -0.15) is 8.42 Å². The molecule has 0 spiro atoms. The lowest BCUT2D eigenvalue weighted by atomic mass is 9.47. The molecule has 0 aromatic carbocycles. The van der Waals surface area contributed by atoms with Crippen molar-refractivity contribution in [2.45, 2.75) is 71.3 Å². The molecule has 0 aliphatic heterocycles. The fourth-order valence-corrected chi connectivity index (χ4v) is 7.80. The van der Waals surface area contributed by atoms with Gasteiger partial charge in [0.2, 0.25) is 0 Å². The van der Waals surface area contributed by atoms with Crippen LogP contribution in [-0.2, 0) is 19.4 Å². The van der Waals surface area contributed by atoms with Crippen molar-refractivity contribution in [1.29, 1.82) is 0 Å². The molecule has 4 aliphatic rings. The lowest BCUT2D eigenvalue weighted by Gasteiger charge is -2.57. The fourth-order valence-electron chi connectivity index (χ4n) is 7.29. The van der Waals surface area contributed by atoms with Gasteiger partial charge in [-0.05, 0) is 80.0 Å². The highest BCUT2D eigenvalue weighted by Gasteiger charge is 2.60. The second-order valence-electron chi connectivity index (χ2n) is 9.66. The summed E-state index contributed by atoms with van der Waals surface area (Å²) < 4.78 is 36.0. The zero-order chi connectivity index (χ0) is 19.6. The molecular weight excluding hydrogens is 368 g/mol. The van der Waals surface area contributed by atoms with Crippen LogP contribution in [0.4, 0.5) is 0 Å². The average Bonchev–Trinajstić information content (AvgIpc) is 2.91. The molecule has 0 radical (unpaired) electrons. The molecule has 27 heavy (non-hydrogen) atoms. The summed E-state index contributed by atoms with van der Waals surface area (Å²) in [7, 11) is -4.42. The molecule has 4 rings (SSSR count). The van der Waals surface area contributed by atoms with Crippen molar-refractivity contribution in [1.82, 2.24) is 0 Å². The van der Waals surface area contributed by atoms with Gasteiger partial charge >= 0.3 is 16.4 Å². The van der Waals surface area contributed by atoms with Gasteiger partial charge < -0.3 is 5.11 Å². The van der Waals surface area contributed by atoms with Crippen LogP contribution in [0.2, 0.25) is 0 Å². The Hall–Kier alpha value is -0.920. The Morgan fingerprint density at radius 1 is 1.15 bits per heavy atom. The number of fused-ring (bicyclic) bond motifs is 5. The molecule has 0 unspecified atom stereocenters. The minimum atomic E-state index is -4.42. The number of carboxylic acids is 1. The van der Waals surface area contributed by atoms with Gasteiger partial charge in [0.1, 0.15) is 0 Å². The molecule has 0 aromatic heterocycles. The first kappa shape index (κ1) is 19.4. The third-order valence-corrected chi connectivity index (χ3v) is 9.13. The summed E-state index contributed by atoms with van der Waals surface area (Å²) >= 11 is 0. The van der Waals surface area contributed by atoms with Crippen molar-refractivity contribution >= 4 is 16.4 Å². The summed E-state index contributed by atoms with van der Waals surface area (Å²) in [6.45, 7) is 4.49. The maximum Gasteiger partial charge on any atom is 0.397 e. The average molecular weight is 399 g/mol. The van der Waals surface area contributed by atoms with Gasteiger partial charge in [0.15, 0.2) is 0 Å². The second kappa shape index (κ2) is 6.29. The molecule has 7 heteroatoms. The largest absolute Gasteiger partial charge is 0.481 e. The highest BCUT2D eigenvalue weighted by molar-refractivity contribution is 7.80. The third kappa shape index (κ3) is 3.06. The van der Waals surface area contributed by atoms with Gasteiger partial charge in [-0.3, -0.25) is 9.35 Å². The zero-order valence-electron chi connectivity index (χ0n) is 16.1. The summed E-state index contributed by atoms with van der Waals surface area (Å²) in [5.74, 6) is 0.634. The Bertz CT molecular complexity index is 773. The van der Waals surface area contributed by atoms with Crippen LogP contribution in [0.3, 0.4) is 0 Å². The van der Waals surface area contributed by atoms with Crippen LogP contribution in [-0.4, -0.2) is 30.2 Å². The predicted octanol–water partition coefficient (Wildman–Crippen LogP) is 3.84. The third-order valence-electron chi connectivity index (χ3n) is 8.61. The topological polar surface area (TPSA) is 101 Å². The van der Waals surface area contributed by atoms with E-state index in [0.29, 0.717) is 30.6 Å². The number of hydrogen-bond acceptors (Lipinski definition) is 4. The van der Waals surface area contributed by atoms with E-state index in [1.165, 1.54) is 5.57 Å². The van der Waals surface area contributed by atoms with Crippen molar-refractivity contribution in [3.63, 3.8) is 0 Å². The Labute approximate surface area is 161 Å². The van der Waals surface area contributed by atoms with Gasteiger partial charge in [0, 0.05) is 0 Å². The van der Waals surface area contributed by atoms with Crippen LogP contribution in [0.1, 0.15) is 65.2 Å². The standard InChI is InChI=1S/C20H30O6S/c1-19-9-7-13(26-27(23,24)25)11-12(19)3-4-14-15-5-6-17(18(21)22)20(15,2)10-8-16(14)19/h3,13-17H,4-11H2,1-2H3,(H,21,22)(H,23,24,25)/t13-,14-,15-,16-,17+,19-,20-/m0/s1. The monoisotopic (exact) mass is 398 g/mol. The maximum absolute atomic E-state index is 11.8. The highest BCUT2D eigenvalue weighted by Crippen LogP contribution is 2.66. The van der Waals surface area contributed by atoms with E-state index in [9.17, 15) is 18.3 Å². The molecule has 3 saturated carbocycles. The second-order valence-corrected chi connectivity index (χ2v) is 10.7. The first-order chi connectivity index (χ1) is 12.5. The smallest absolute Gasteiger partial charge is 0.397 e. The van der Waals surface area contributed by atoms with E-state index in [4.69, 9.17) is 8.74 Å². The molecule has 0 saturated heterocycles. The molecular formula is C20H30O6S. The van der Waals surface area contributed by atoms with Crippen LogP contribution >= 0.6 is 0 Å². The minimum absolute atomic E-state index is 0.0324. The van der Waals surface area contributed by atoms with Crippen molar-refractivity contribution < 1.29 is 27.1 Å². The van der Waals surface area contributed by atoms with Gasteiger partial charge in [0.05, 0.1) is 12.0 Å². The summed E-state index contributed by atoms with van der Waals surface area (Å²) in [6.07, 6.45) is 8.55. The van der Waals surface area contributed by atoms with Crippen LogP contribution in [0.5, 0.6) is 0 Å². The SMILES string of the molecule is C[C@]12CC[C@H]3[C@@H](CC=C4C[C@@H](OS(=O)(=O)O)CC[C@@]43C)[C@@H]1CC[C@@H]2C(=O)O. The Morgan fingerprint density at radius 2 is 1.89 bits per heavy atom. The minimum Gasteiger partial charge on any atom is -0.481 e. The van der Waals surface area contributed by atoms with Gasteiger partial charge in [0.25, 0.3) is 0 Å². The number of carbonyl (C=O) groups is 1. The number of hydrogen-bond donors (Lipinski definition) is 2. The highest BCUT2D eigenvalue weighted by atomic mass is 32.3. The van der Waals surface area contributed by atoms with Gasteiger partial charge in [-0.25, -0.2) is 4.18 Å². The normalized spacial score (nSPS) is 46.8. The molecule has 7 atom stereocenters. The predicted molar refractivity (Wildman–Crippen MR) is 99.3 cm³/mol. The van der Waals surface area contributed by atoms with E-state index >= 15 is 0 Å². The molecule has 0 heterocycles. The maximum atomic E-state index is 11.8. The zero-order valence-corrected chi connectivity index (χ0v) is 16.9. The lowest BCUT2D eigenvalue weighted by Crippen LogP contribution is -2.51. The number of allylic oxidation sites excluding steroid dienone is 1. The number of carboxylic acid groups (broad SMARTS) is 1. The first-order valence-corrected chi connectivity index (χ1v) is 11.5. The summed E-state index contributed by atoms with van der Waals surface area (Å²) in [5, 5.41) is 9.68. The fraction of sp³-hybridized carbons (Fsp3) is 0.850. The number of aliphatic carboxylic acids is 1. The van der Waals surface area contributed by atoms with E-state index in [-0.39, 0.29) is 16.7 Å². The molecule has 152 valence electrons. The number of rotatable bonds is 3. The van der Waals surface area contributed by atoms with Crippen molar-refractivity contribution in [2.75, 3.05) is 0 Å². The van der Waals surface area contributed by atoms with E-state index in [1.807, 2.05) is 0 Å². The Balaban J connectivity index is 1.58. The van der Waals surface area contributed by atoms with Crippen LogP contribution in [0.15, 0.2) is 11.6 Å². The van der Waals surface area contributed by atoms with Gasteiger partial charge in [-0.1, -0.05) is 25.5 Å². The summed E-state index contributed by atoms with van der Waals surface area (Å²) in [6, 6.07) is 0. The van der Waals surface area contributed by atoms with Crippen LogP contribution in [0.25, 0.3) is 0 Å². The summed E-state index contributed by atoms with van der Waals surface area (Å²) in [5.41, 5.74) is 1.20. The summed E-state index contributed by atoms with van der Waals surface area (Å²) in [4.78, 5) is 11.8. The Kier molecular flexibility index (Phi) is 4.52. The molecule has 3 fully saturated rings. The molecule has 6 nitrogen and oxygen atoms in total.